The summed E-state index contributed by atoms with van der Waals surface area (Å²) < 4.78 is 5.75. The number of nitrogens with one attached hydrogen (secondary N) is 2. The molecular weight excluding hydrogens is 368 g/mol. The first-order chi connectivity index (χ1) is 12.6. The molecule has 0 aliphatic rings. The first-order valence-corrected chi connectivity index (χ1v) is 9.48. The van der Waals surface area contributed by atoms with Crippen molar-refractivity contribution in [2.24, 2.45) is 0 Å². The van der Waals surface area contributed by atoms with Gasteiger partial charge in [0.25, 0.3) is 5.91 Å². The summed E-state index contributed by atoms with van der Waals surface area (Å²) in [6, 6.07) is 14.3. The van der Waals surface area contributed by atoms with Gasteiger partial charge < -0.3 is 10.1 Å². The molecule has 2 N–H and O–H groups in total. The summed E-state index contributed by atoms with van der Waals surface area (Å²) in [5.41, 5.74) is 1.13. The molecule has 0 unspecified atom stereocenters. The zero-order valence-electron chi connectivity index (χ0n) is 14.8. The number of benzene rings is 2. The average Bonchev–Trinajstić information content (AvgIpc) is 2.62. The molecule has 0 bridgehead atoms. The van der Waals surface area contributed by atoms with E-state index in [1.807, 2.05) is 24.3 Å². The maximum Gasteiger partial charge on any atom is 0.258 e. The van der Waals surface area contributed by atoms with Crippen LogP contribution in [0, 0.1) is 0 Å². The summed E-state index contributed by atoms with van der Waals surface area (Å²) in [7, 11) is 0. The number of anilines is 1. The molecule has 0 aliphatic carbocycles. The fraction of sp³-hybridized carbons (Fsp3) is 0.300. The highest BCUT2D eigenvalue weighted by Gasteiger charge is 2.11. The van der Waals surface area contributed by atoms with Crippen molar-refractivity contribution in [2.45, 2.75) is 32.6 Å². The minimum Gasteiger partial charge on any atom is -0.494 e. The number of thiocarbonyl (C=S) groups is 1. The Bertz CT molecular complexity index is 752. The number of amides is 1. The standard InChI is InChI=1S/C20H23ClN2O2S/c1-2-3-4-7-13-25-16-10-8-9-15(14-16)22-20(26)23-19(24)17-11-5-6-12-18(17)21/h5-6,8-12,14H,2-4,7,13H2,1H3,(H2,22,23,24,26). The minimum atomic E-state index is -0.351. The van der Waals surface area contributed by atoms with Gasteiger partial charge in [0.1, 0.15) is 5.75 Å². The Labute approximate surface area is 164 Å². The van der Waals surface area contributed by atoms with Crippen LogP contribution in [-0.4, -0.2) is 17.6 Å². The second-order valence-electron chi connectivity index (χ2n) is 5.83. The first-order valence-electron chi connectivity index (χ1n) is 8.70. The Balaban J connectivity index is 1.86. The van der Waals surface area contributed by atoms with Crippen LogP contribution in [0.15, 0.2) is 48.5 Å². The topological polar surface area (TPSA) is 50.4 Å². The highest BCUT2D eigenvalue weighted by Crippen LogP contribution is 2.18. The van der Waals surface area contributed by atoms with Gasteiger partial charge in [-0.25, -0.2) is 0 Å². The number of hydrogen-bond donors (Lipinski definition) is 2. The lowest BCUT2D eigenvalue weighted by Crippen LogP contribution is -2.34. The fourth-order valence-electron chi connectivity index (χ4n) is 2.36. The van der Waals surface area contributed by atoms with E-state index in [-0.39, 0.29) is 11.0 Å². The number of halogens is 1. The molecule has 0 heterocycles. The van der Waals surface area contributed by atoms with E-state index in [9.17, 15) is 4.79 Å². The zero-order valence-corrected chi connectivity index (χ0v) is 16.3. The summed E-state index contributed by atoms with van der Waals surface area (Å²) in [5.74, 6) is 0.420. The SMILES string of the molecule is CCCCCCOc1cccc(NC(=S)NC(=O)c2ccccc2Cl)c1. The molecule has 0 spiro atoms. The molecular formula is C20H23ClN2O2S. The largest absolute Gasteiger partial charge is 0.494 e. The molecule has 26 heavy (non-hydrogen) atoms. The molecule has 138 valence electrons. The highest BCUT2D eigenvalue weighted by atomic mass is 35.5. The lowest BCUT2D eigenvalue weighted by Gasteiger charge is -2.12. The fourth-order valence-corrected chi connectivity index (χ4v) is 2.79. The van der Waals surface area contributed by atoms with E-state index >= 15 is 0 Å². The second kappa shape index (κ2) is 10.8. The van der Waals surface area contributed by atoms with E-state index in [2.05, 4.69) is 17.6 Å². The van der Waals surface area contributed by atoms with Gasteiger partial charge in [0, 0.05) is 11.8 Å². The van der Waals surface area contributed by atoms with Crippen molar-refractivity contribution in [3.63, 3.8) is 0 Å². The van der Waals surface area contributed by atoms with Gasteiger partial charge in [0.05, 0.1) is 17.2 Å². The van der Waals surface area contributed by atoms with Crippen LogP contribution in [0.25, 0.3) is 0 Å². The van der Waals surface area contributed by atoms with Crippen molar-refractivity contribution >= 4 is 40.5 Å². The summed E-state index contributed by atoms with van der Waals surface area (Å²) in [6.07, 6.45) is 4.64. The molecule has 0 aliphatic heterocycles. The molecule has 6 heteroatoms. The van der Waals surface area contributed by atoms with Crippen LogP contribution in [-0.2, 0) is 0 Å². The zero-order chi connectivity index (χ0) is 18.8. The molecule has 0 atom stereocenters. The van der Waals surface area contributed by atoms with E-state index in [1.165, 1.54) is 19.3 Å². The third-order valence-corrected chi connectivity index (χ3v) is 4.24. The summed E-state index contributed by atoms with van der Waals surface area (Å²) in [5, 5.41) is 6.20. The molecule has 2 aromatic carbocycles. The number of hydrogen-bond acceptors (Lipinski definition) is 3. The third-order valence-electron chi connectivity index (χ3n) is 3.70. The Morgan fingerprint density at radius 1 is 1.12 bits per heavy atom. The van der Waals surface area contributed by atoms with Gasteiger partial charge in [-0.05, 0) is 42.9 Å². The molecule has 0 radical (unpaired) electrons. The van der Waals surface area contributed by atoms with Crippen LogP contribution < -0.4 is 15.4 Å². The second-order valence-corrected chi connectivity index (χ2v) is 6.64. The smallest absolute Gasteiger partial charge is 0.258 e. The quantitative estimate of drug-likeness (QED) is 0.466. The van der Waals surface area contributed by atoms with Crippen molar-refractivity contribution in [3.05, 3.63) is 59.1 Å². The average molecular weight is 391 g/mol. The summed E-state index contributed by atoms with van der Waals surface area (Å²) >= 11 is 11.2. The van der Waals surface area contributed by atoms with Gasteiger partial charge in [-0.2, -0.15) is 0 Å². The monoisotopic (exact) mass is 390 g/mol. The number of carbonyl (C=O) groups excluding carboxylic acids is 1. The van der Waals surface area contributed by atoms with Crippen molar-refractivity contribution in [1.29, 1.82) is 0 Å². The van der Waals surface area contributed by atoms with Crippen molar-refractivity contribution in [1.82, 2.24) is 5.32 Å². The number of ether oxygens (including phenoxy) is 1. The van der Waals surface area contributed by atoms with Gasteiger partial charge in [-0.1, -0.05) is 56.0 Å². The normalized spacial score (nSPS) is 10.2. The van der Waals surface area contributed by atoms with Crippen LogP contribution in [0.2, 0.25) is 5.02 Å². The van der Waals surface area contributed by atoms with Gasteiger partial charge in [0.15, 0.2) is 5.11 Å². The van der Waals surface area contributed by atoms with Crippen LogP contribution in [0.3, 0.4) is 0 Å². The van der Waals surface area contributed by atoms with Crippen LogP contribution >= 0.6 is 23.8 Å². The lowest BCUT2D eigenvalue weighted by molar-refractivity contribution is 0.0978. The van der Waals surface area contributed by atoms with Crippen molar-refractivity contribution in [2.75, 3.05) is 11.9 Å². The maximum atomic E-state index is 12.2. The first kappa shape index (κ1) is 20.2. The Morgan fingerprint density at radius 2 is 1.92 bits per heavy atom. The van der Waals surface area contributed by atoms with E-state index in [4.69, 9.17) is 28.6 Å². The van der Waals surface area contributed by atoms with E-state index in [1.54, 1.807) is 24.3 Å². The van der Waals surface area contributed by atoms with Gasteiger partial charge in [-0.3, -0.25) is 10.1 Å². The Morgan fingerprint density at radius 3 is 2.69 bits per heavy atom. The van der Waals surface area contributed by atoms with Crippen LogP contribution in [0.4, 0.5) is 5.69 Å². The number of carbonyl (C=O) groups is 1. The van der Waals surface area contributed by atoms with E-state index in [0.717, 1.165) is 17.9 Å². The molecule has 1 amide bonds. The highest BCUT2D eigenvalue weighted by molar-refractivity contribution is 7.80. The van der Waals surface area contributed by atoms with Crippen LogP contribution in [0.1, 0.15) is 43.0 Å². The molecule has 2 aromatic rings. The van der Waals surface area contributed by atoms with Crippen molar-refractivity contribution in [3.8, 4) is 5.75 Å². The van der Waals surface area contributed by atoms with E-state index < -0.39 is 0 Å². The van der Waals surface area contributed by atoms with Gasteiger partial charge in [-0.15, -0.1) is 0 Å². The summed E-state index contributed by atoms with van der Waals surface area (Å²) in [4.78, 5) is 12.2. The number of rotatable bonds is 8. The van der Waals surface area contributed by atoms with E-state index in [0.29, 0.717) is 17.2 Å². The summed E-state index contributed by atoms with van der Waals surface area (Å²) in [6.45, 7) is 2.88. The molecule has 0 saturated heterocycles. The van der Waals surface area contributed by atoms with Crippen molar-refractivity contribution < 1.29 is 9.53 Å². The molecule has 2 rings (SSSR count). The molecule has 4 nitrogen and oxygen atoms in total. The van der Waals surface area contributed by atoms with Crippen LogP contribution in [0.5, 0.6) is 5.75 Å². The van der Waals surface area contributed by atoms with Gasteiger partial charge >= 0.3 is 0 Å². The van der Waals surface area contributed by atoms with Gasteiger partial charge in [0.2, 0.25) is 0 Å². The molecule has 0 fully saturated rings. The number of unbranched alkanes of at least 4 members (excludes halogenated alkanes) is 3. The Hall–Kier alpha value is -2.11. The Kier molecular flexibility index (Phi) is 8.38. The molecule has 0 saturated carbocycles. The minimum absolute atomic E-state index is 0.204. The predicted molar refractivity (Wildman–Crippen MR) is 111 cm³/mol. The third kappa shape index (κ3) is 6.65. The molecule has 0 aromatic heterocycles. The maximum absolute atomic E-state index is 12.2. The predicted octanol–water partition coefficient (Wildman–Crippen LogP) is 5.43. The lowest BCUT2D eigenvalue weighted by atomic mass is 10.2.